The summed E-state index contributed by atoms with van der Waals surface area (Å²) in [6.45, 7) is 0. The summed E-state index contributed by atoms with van der Waals surface area (Å²) in [5, 5.41) is 27.7. The van der Waals surface area contributed by atoms with Gasteiger partial charge in [0.15, 0.2) is 0 Å². The molecule has 0 fully saturated rings. The topological polar surface area (TPSA) is 104 Å². The second-order valence-electron chi connectivity index (χ2n) is 2.97. The van der Waals surface area contributed by atoms with Crippen LogP contribution in [-0.4, -0.2) is 16.0 Å². The van der Waals surface area contributed by atoms with E-state index in [4.69, 9.17) is 10.4 Å². The Balaban J connectivity index is 3.15. The molecule has 1 rings (SSSR count). The number of nitrogens with zero attached hydrogens (tertiary/aromatic N) is 2. The molecule has 1 aromatic rings. The van der Waals surface area contributed by atoms with Gasteiger partial charge in [-0.2, -0.15) is 5.26 Å². The van der Waals surface area contributed by atoms with Gasteiger partial charge in [-0.25, -0.2) is 0 Å². The molecule has 0 atom stereocenters. The average Bonchev–Trinajstić information content (AvgIpc) is 2.28. The van der Waals surface area contributed by atoms with E-state index in [-0.39, 0.29) is 16.8 Å². The maximum Gasteiger partial charge on any atom is 0.315 e. The quantitative estimate of drug-likeness (QED) is 0.468. The van der Waals surface area contributed by atoms with E-state index >= 15 is 0 Å². The number of hydrogen-bond donors (Lipinski definition) is 1. The summed E-state index contributed by atoms with van der Waals surface area (Å²) in [6, 6.07) is 5.59. The highest BCUT2D eigenvalue weighted by Crippen LogP contribution is 2.18. The van der Waals surface area contributed by atoms with Crippen LogP contribution in [0, 0.1) is 33.3 Å². The predicted molar refractivity (Wildman–Crippen MR) is 56.9 cm³/mol. The molecule has 0 heterocycles. The van der Waals surface area contributed by atoms with Crippen molar-refractivity contribution in [2.75, 3.05) is 0 Å². The molecule has 0 aliphatic heterocycles. The van der Waals surface area contributed by atoms with Crippen molar-refractivity contribution >= 4 is 11.7 Å². The number of carboxylic acid groups (broad SMARTS) is 1. The summed E-state index contributed by atoms with van der Waals surface area (Å²) in [5.74, 6) is 3.59. The van der Waals surface area contributed by atoms with Crippen molar-refractivity contribution in [3.63, 3.8) is 0 Å². The second kappa shape index (κ2) is 5.29. The number of rotatable bonds is 2. The molecule has 0 aliphatic rings. The smallest absolute Gasteiger partial charge is 0.315 e. The standard InChI is InChI=1S/C11H6N2O4/c12-7-8-4-5-9(2-1-3-11(14)15)10(6-8)13(16)17/h4-6H,3H2,(H,14,15). The molecular formula is C11H6N2O4. The molecule has 17 heavy (non-hydrogen) atoms. The molecule has 1 aromatic carbocycles. The lowest BCUT2D eigenvalue weighted by atomic mass is 10.1. The molecular weight excluding hydrogens is 224 g/mol. The van der Waals surface area contributed by atoms with Gasteiger partial charge >= 0.3 is 5.97 Å². The van der Waals surface area contributed by atoms with Gasteiger partial charge in [0.1, 0.15) is 12.0 Å². The number of carboxylic acids is 1. The van der Waals surface area contributed by atoms with Crippen LogP contribution in [0.15, 0.2) is 18.2 Å². The number of aliphatic carboxylic acids is 1. The first-order valence-electron chi connectivity index (χ1n) is 4.44. The van der Waals surface area contributed by atoms with Crippen LogP contribution in [0.5, 0.6) is 0 Å². The number of hydrogen-bond acceptors (Lipinski definition) is 4. The molecule has 0 saturated heterocycles. The van der Waals surface area contributed by atoms with Gasteiger partial charge in [-0.05, 0) is 12.1 Å². The van der Waals surface area contributed by atoms with Crippen molar-refractivity contribution in [3.8, 4) is 17.9 Å². The number of nitriles is 1. The summed E-state index contributed by atoms with van der Waals surface area (Å²) >= 11 is 0. The number of nitro groups is 1. The summed E-state index contributed by atoms with van der Waals surface area (Å²) in [7, 11) is 0. The average molecular weight is 230 g/mol. The minimum absolute atomic E-state index is 0.0928. The molecule has 84 valence electrons. The lowest BCUT2D eigenvalue weighted by Crippen LogP contribution is -1.94. The zero-order valence-corrected chi connectivity index (χ0v) is 8.51. The van der Waals surface area contributed by atoms with Crippen LogP contribution in [-0.2, 0) is 4.79 Å². The van der Waals surface area contributed by atoms with Gasteiger partial charge < -0.3 is 5.11 Å². The highest BCUT2D eigenvalue weighted by atomic mass is 16.6. The van der Waals surface area contributed by atoms with Crippen molar-refractivity contribution in [1.82, 2.24) is 0 Å². The van der Waals surface area contributed by atoms with Crippen LogP contribution in [0.3, 0.4) is 0 Å². The van der Waals surface area contributed by atoms with E-state index in [0.717, 1.165) is 6.07 Å². The molecule has 0 aromatic heterocycles. The third-order valence-electron chi connectivity index (χ3n) is 1.79. The minimum Gasteiger partial charge on any atom is -0.481 e. The van der Waals surface area contributed by atoms with Gasteiger partial charge in [0.2, 0.25) is 0 Å². The molecule has 0 saturated carbocycles. The van der Waals surface area contributed by atoms with E-state index in [0.29, 0.717) is 0 Å². The zero-order valence-electron chi connectivity index (χ0n) is 8.51. The molecule has 0 spiro atoms. The molecule has 0 amide bonds. The molecule has 0 unspecified atom stereocenters. The van der Waals surface area contributed by atoms with Gasteiger partial charge in [0, 0.05) is 6.07 Å². The summed E-state index contributed by atoms with van der Waals surface area (Å²) in [4.78, 5) is 20.3. The Morgan fingerprint density at radius 3 is 2.76 bits per heavy atom. The SMILES string of the molecule is N#Cc1ccc(C#CCC(=O)O)c([N+](=O)[O-])c1. The third kappa shape index (κ3) is 3.33. The summed E-state index contributed by atoms with van der Waals surface area (Å²) in [5.41, 5.74) is -0.0577. The minimum atomic E-state index is -1.10. The van der Waals surface area contributed by atoms with Gasteiger partial charge in [-0.15, -0.1) is 0 Å². The fourth-order valence-electron chi connectivity index (χ4n) is 1.07. The number of benzene rings is 1. The van der Waals surface area contributed by atoms with Gasteiger partial charge in [0.05, 0.1) is 16.6 Å². The fraction of sp³-hybridized carbons (Fsp3) is 0.0909. The maximum atomic E-state index is 10.7. The van der Waals surface area contributed by atoms with Crippen molar-refractivity contribution in [2.45, 2.75) is 6.42 Å². The Bertz CT molecular complexity index is 575. The van der Waals surface area contributed by atoms with Crippen LogP contribution < -0.4 is 0 Å². The van der Waals surface area contributed by atoms with Gasteiger partial charge in [-0.1, -0.05) is 11.8 Å². The molecule has 1 N–H and O–H groups in total. The second-order valence-corrected chi connectivity index (χ2v) is 2.97. The van der Waals surface area contributed by atoms with Crippen LogP contribution >= 0.6 is 0 Å². The Labute approximate surface area is 96.3 Å². The van der Waals surface area contributed by atoms with Crippen LogP contribution in [0.1, 0.15) is 17.5 Å². The first-order valence-corrected chi connectivity index (χ1v) is 4.44. The zero-order chi connectivity index (χ0) is 12.8. The maximum absolute atomic E-state index is 10.7. The molecule has 6 nitrogen and oxygen atoms in total. The van der Waals surface area contributed by atoms with Crippen molar-refractivity contribution in [3.05, 3.63) is 39.4 Å². The lowest BCUT2D eigenvalue weighted by molar-refractivity contribution is -0.385. The van der Waals surface area contributed by atoms with Crippen molar-refractivity contribution < 1.29 is 14.8 Å². The number of carbonyl (C=O) groups is 1. The first kappa shape index (κ1) is 12.2. The Kier molecular flexibility index (Phi) is 3.80. The monoisotopic (exact) mass is 230 g/mol. The van der Waals surface area contributed by atoms with Crippen LogP contribution in [0.2, 0.25) is 0 Å². The van der Waals surface area contributed by atoms with E-state index in [1.807, 2.05) is 0 Å². The lowest BCUT2D eigenvalue weighted by Gasteiger charge is -1.95. The number of nitro benzene ring substituents is 1. The Morgan fingerprint density at radius 2 is 2.24 bits per heavy atom. The summed E-state index contributed by atoms with van der Waals surface area (Å²) < 4.78 is 0. The largest absolute Gasteiger partial charge is 0.481 e. The molecule has 0 radical (unpaired) electrons. The van der Waals surface area contributed by atoms with E-state index in [9.17, 15) is 14.9 Å². The first-order chi connectivity index (χ1) is 8.04. The Hall–Kier alpha value is -2.86. The highest BCUT2D eigenvalue weighted by Gasteiger charge is 2.12. The van der Waals surface area contributed by atoms with Crippen molar-refractivity contribution in [2.24, 2.45) is 0 Å². The van der Waals surface area contributed by atoms with E-state index in [1.165, 1.54) is 12.1 Å². The van der Waals surface area contributed by atoms with E-state index in [1.54, 1.807) is 6.07 Å². The fourth-order valence-corrected chi connectivity index (χ4v) is 1.07. The summed E-state index contributed by atoms with van der Waals surface area (Å²) in [6.07, 6.45) is -0.392. The highest BCUT2D eigenvalue weighted by molar-refractivity contribution is 5.70. The Morgan fingerprint density at radius 1 is 1.53 bits per heavy atom. The molecule has 0 aliphatic carbocycles. The van der Waals surface area contributed by atoms with Gasteiger partial charge in [0.25, 0.3) is 5.69 Å². The predicted octanol–water partition coefficient (Wildman–Crippen LogP) is 1.29. The normalized spacial score (nSPS) is 8.65. The van der Waals surface area contributed by atoms with Crippen LogP contribution in [0.4, 0.5) is 5.69 Å². The third-order valence-corrected chi connectivity index (χ3v) is 1.79. The van der Waals surface area contributed by atoms with E-state index < -0.39 is 17.3 Å². The van der Waals surface area contributed by atoms with Crippen LogP contribution in [0.25, 0.3) is 0 Å². The van der Waals surface area contributed by atoms with Gasteiger partial charge in [-0.3, -0.25) is 14.9 Å². The molecule has 0 bridgehead atoms. The van der Waals surface area contributed by atoms with E-state index in [2.05, 4.69) is 11.8 Å². The molecule has 6 heteroatoms. The van der Waals surface area contributed by atoms with Crippen molar-refractivity contribution in [1.29, 1.82) is 5.26 Å².